The van der Waals surface area contributed by atoms with Gasteiger partial charge in [0, 0.05) is 24.8 Å². The van der Waals surface area contributed by atoms with Crippen molar-refractivity contribution in [2.45, 2.75) is 52.0 Å². The number of anilines is 1. The number of rotatable bonds is 7. The Morgan fingerprint density at radius 2 is 1.89 bits per heavy atom. The van der Waals surface area contributed by atoms with Crippen molar-refractivity contribution in [2.75, 3.05) is 11.3 Å². The van der Waals surface area contributed by atoms with Gasteiger partial charge in [-0.25, -0.2) is 8.42 Å². The molecule has 1 atom stereocenters. The predicted molar refractivity (Wildman–Crippen MR) is 77.8 cm³/mol. The van der Waals surface area contributed by atoms with Crippen LogP contribution in [0.25, 0.3) is 0 Å². The molecule has 0 amide bonds. The first-order valence-corrected chi connectivity index (χ1v) is 8.06. The molecule has 0 fully saturated rings. The highest BCUT2D eigenvalue weighted by atomic mass is 32.2. The molecule has 6 nitrogen and oxygen atoms in total. The summed E-state index contributed by atoms with van der Waals surface area (Å²) in [6.45, 7) is 10.1. The Morgan fingerprint density at radius 1 is 1.26 bits per heavy atom. The molecule has 1 aromatic rings. The lowest BCUT2D eigenvalue weighted by molar-refractivity contribution is 0.532. The zero-order valence-electron chi connectivity index (χ0n) is 12.2. The molecule has 1 rings (SSSR count). The lowest BCUT2D eigenvalue weighted by Gasteiger charge is -2.16. The van der Waals surface area contributed by atoms with Gasteiger partial charge >= 0.3 is 0 Å². The zero-order chi connectivity index (χ0) is 14.6. The fourth-order valence-corrected chi connectivity index (χ4v) is 2.40. The third-order valence-corrected chi connectivity index (χ3v) is 4.48. The zero-order valence-corrected chi connectivity index (χ0v) is 13.0. The van der Waals surface area contributed by atoms with Crippen LogP contribution >= 0.6 is 0 Å². The monoisotopic (exact) mass is 288 g/mol. The second kappa shape index (κ2) is 6.38. The first-order chi connectivity index (χ1) is 8.72. The van der Waals surface area contributed by atoms with Crippen molar-refractivity contribution in [1.29, 1.82) is 0 Å². The lowest BCUT2D eigenvalue weighted by Crippen LogP contribution is -2.37. The van der Waals surface area contributed by atoms with Crippen LogP contribution in [0.1, 0.15) is 40.7 Å². The van der Waals surface area contributed by atoms with Gasteiger partial charge in [0.05, 0.1) is 17.1 Å². The van der Waals surface area contributed by atoms with Gasteiger partial charge in [-0.05, 0) is 20.8 Å². The SMILES string of the molecule is CC(C)NCC(C)S(=O)(=O)Nc1cnn(C(C)C)c1. The molecule has 0 aliphatic carbocycles. The molecule has 1 unspecified atom stereocenters. The van der Waals surface area contributed by atoms with E-state index in [1.165, 1.54) is 6.20 Å². The molecule has 2 N–H and O–H groups in total. The van der Waals surface area contributed by atoms with Crippen LogP contribution in [0.15, 0.2) is 12.4 Å². The third kappa shape index (κ3) is 4.83. The predicted octanol–water partition coefficient (Wildman–Crippen LogP) is 1.59. The van der Waals surface area contributed by atoms with Crippen molar-refractivity contribution < 1.29 is 8.42 Å². The number of sulfonamides is 1. The van der Waals surface area contributed by atoms with Crippen LogP contribution in [0.5, 0.6) is 0 Å². The Morgan fingerprint density at radius 3 is 2.37 bits per heavy atom. The number of nitrogens with zero attached hydrogens (tertiary/aromatic N) is 2. The summed E-state index contributed by atoms with van der Waals surface area (Å²) in [5.41, 5.74) is 0.505. The lowest BCUT2D eigenvalue weighted by atomic mass is 10.3. The van der Waals surface area contributed by atoms with E-state index in [-0.39, 0.29) is 12.1 Å². The van der Waals surface area contributed by atoms with Crippen LogP contribution in [0.4, 0.5) is 5.69 Å². The highest BCUT2D eigenvalue weighted by Crippen LogP contribution is 2.13. The van der Waals surface area contributed by atoms with Gasteiger partial charge in [-0.1, -0.05) is 13.8 Å². The average Bonchev–Trinajstić information content (AvgIpc) is 2.73. The van der Waals surface area contributed by atoms with Gasteiger partial charge in [-0.2, -0.15) is 5.10 Å². The summed E-state index contributed by atoms with van der Waals surface area (Å²) < 4.78 is 28.5. The fraction of sp³-hybridized carbons (Fsp3) is 0.750. The fourth-order valence-electron chi connectivity index (χ4n) is 1.45. The summed E-state index contributed by atoms with van der Waals surface area (Å²) in [6, 6.07) is 0.472. The van der Waals surface area contributed by atoms with E-state index < -0.39 is 15.3 Å². The minimum Gasteiger partial charge on any atom is -0.313 e. The normalized spacial score (nSPS) is 14.1. The average molecular weight is 288 g/mol. The minimum atomic E-state index is -3.39. The smallest absolute Gasteiger partial charge is 0.236 e. The Bertz CT molecular complexity index is 494. The van der Waals surface area contributed by atoms with Crippen molar-refractivity contribution in [3.8, 4) is 0 Å². The highest BCUT2D eigenvalue weighted by Gasteiger charge is 2.21. The van der Waals surface area contributed by atoms with Gasteiger partial charge in [0.1, 0.15) is 0 Å². The molecule has 0 aliphatic heterocycles. The Hall–Kier alpha value is -1.08. The maximum absolute atomic E-state index is 12.1. The first-order valence-electron chi connectivity index (χ1n) is 6.51. The van der Waals surface area contributed by atoms with Gasteiger partial charge < -0.3 is 5.32 Å². The molecule has 1 aromatic heterocycles. The van der Waals surface area contributed by atoms with E-state index in [0.717, 1.165) is 0 Å². The minimum absolute atomic E-state index is 0.207. The standard InChI is InChI=1S/C12H24N4O2S/c1-9(2)13-6-11(5)19(17,18)15-12-7-14-16(8-12)10(3)4/h7-11,13,15H,6H2,1-5H3. The summed E-state index contributed by atoms with van der Waals surface area (Å²) in [6.07, 6.45) is 3.23. The molecule has 0 aromatic carbocycles. The number of aromatic nitrogens is 2. The van der Waals surface area contributed by atoms with Crippen molar-refractivity contribution >= 4 is 15.7 Å². The second-order valence-corrected chi connectivity index (χ2v) is 7.42. The van der Waals surface area contributed by atoms with E-state index >= 15 is 0 Å². The van der Waals surface area contributed by atoms with E-state index in [4.69, 9.17) is 0 Å². The van der Waals surface area contributed by atoms with Crippen LogP contribution in [0.3, 0.4) is 0 Å². The van der Waals surface area contributed by atoms with Crippen LogP contribution in [-0.4, -0.2) is 36.0 Å². The molecular weight excluding hydrogens is 264 g/mol. The van der Waals surface area contributed by atoms with Crippen molar-refractivity contribution in [1.82, 2.24) is 15.1 Å². The molecule has 0 radical (unpaired) electrons. The molecule has 0 spiro atoms. The second-order valence-electron chi connectivity index (χ2n) is 5.32. The van der Waals surface area contributed by atoms with Crippen LogP contribution in [0.2, 0.25) is 0 Å². The van der Waals surface area contributed by atoms with Gasteiger partial charge in [0.25, 0.3) is 0 Å². The van der Waals surface area contributed by atoms with Crippen LogP contribution in [0, 0.1) is 0 Å². The molecule has 110 valence electrons. The van der Waals surface area contributed by atoms with Gasteiger partial charge in [-0.15, -0.1) is 0 Å². The molecule has 7 heteroatoms. The molecule has 0 bridgehead atoms. The van der Waals surface area contributed by atoms with Gasteiger partial charge in [-0.3, -0.25) is 9.40 Å². The molecule has 19 heavy (non-hydrogen) atoms. The van der Waals surface area contributed by atoms with E-state index in [0.29, 0.717) is 12.2 Å². The number of hydrogen-bond acceptors (Lipinski definition) is 4. The third-order valence-electron chi connectivity index (χ3n) is 2.73. The van der Waals surface area contributed by atoms with E-state index in [1.54, 1.807) is 17.8 Å². The van der Waals surface area contributed by atoms with Crippen LogP contribution in [-0.2, 0) is 10.0 Å². The molecular formula is C12H24N4O2S. The van der Waals surface area contributed by atoms with E-state index in [9.17, 15) is 8.42 Å². The Labute approximate surface area is 115 Å². The first kappa shape index (κ1) is 16.0. The van der Waals surface area contributed by atoms with Gasteiger partial charge in [0.15, 0.2) is 0 Å². The quantitative estimate of drug-likeness (QED) is 0.799. The van der Waals surface area contributed by atoms with Crippen molar-refractivity contribution in [3.63, 3.8) is 0 Å². The summed E-state index contributed by atoms with van der Waals surface area (Å²) in [5, 5.41) is 6.73. The summed E-state index contributed by atoms with van der Waals surface area (Å²) in [7, 11) is -3.39. The summed E-state index contributed by atoms with van der Waals surface area (Å²) >= 11 is 0. The molecule has 0 saturated carbocycles. The van der Waals surface area contributed by atoms with Crippen molar-refractivity contribution in [3.05, 3.63) is 12.4 Å². The largest absolute Gasteiger partial charge is 0.313 e. The van der Waals surface area contributed by atoms with E-state index in [2.05, 4.69) is 15.1 Å². The van der Waals surface area contributed by atoms with E-state index in [1.807, 2.05) is 27.7 Å². The molecule has 1 heterocycles. The van der Waals surface area contributed by atoms with Crippen molar-refractivity contribution in [2.24, 2.45) is 0 Å². The maximum Gasteiger partial charge on any atom is 0.236 e. The maximum atomic E-state index is 12.1. The van der Waals surface area contributed by atoms with Crippen LogP contribution < -0.4 is 10.0 Å². The molecule has 0 saturated heterocycles. The highest BCUT2D eigenvalue weighted by molar-refractivity contribution is 7.93. The Balaban J connectivity index is 2.67. The Kier molecular flexibility index (Phi) is 5.37. The van der Waals surface area contributed by atoms with Gasteiger partial charge in [0.2, 0.25) is 10.0 Å². The summed E-state index contributed by atoms with van der Waals surface area (Å²) in [5.74, 6) is 0. The summed E-state index contributed by atoms with van der Waals surface area (Å²) in [4.78, 5) is 0. The number of nitrogens with one attached hydrogen (secondary N) is 2. The number of hydrogen-bond donors (Lipinski definition) is 2. The molecule has 0 aliphatic rings. The topological polar surface area (TPSA) is 76.0 Å².